The minimum absolute atomic E-state index is 0.00349. The van der Waals surface area contributed by atoms with E-state index in [2.05, 4.69) is 52.6 Å². The molecule has 1 unspecified atom stereocenters. The number of allylic oxidation sites excluding steroid dienone is 3. The number of rotatable bonds is 7. The van der Waals surface area contributed by atoms with Gasteiger partial charge in [-0.1, -0.05) is 79.5 Å². The maximum atomic E-state index is 13.7. The second-order valence-corrected chi connectivity index (χ2v) is 13.7. The minimum atomic E-state index is -0.541. The Morgan fingerprint density at radius 1 is 1.20 bits per heavy atom. The number of hydrogen-bond acceptors (Lipinski definition) is 12. The number of nitrogens with two attached hydrogens (primary N) is 1. The number of carbonyl (C=O) groups excluding carboxylic acids is 2. The lowest BCUT2D eigenvalue weighted by Gasteiger charge is -2.42. The van der Waals surface area contributed by atoms with Crippen molar-refractivity contribution in [3.63, 3.8) is 0 Å². The van der Waals surface area contributed by atoms with Gasteiger partial charge in [0.25, 0.3) is 0 Å². The van der Waals surface area contributed by atoms with E-state index in [-0.39, 0.29) is 28.7 Å². The Bertz CT molecular complexity index is 1580. The van der Waals surface area contributed by atoms with Gasteiger partial charge in [-0.05, 0) is 36.3 Å². The molecule has 5 rings (SSSR count). The number of amides is 1. The summed E-state index contributed by atoms with van der Waals surface area (Å²) in [6, 6.07) is 10.3. The first kappa shape index (κ1) is 27.9. The summed E-state index contributed by atoms with van der Waals surface area (Å²) < 4.78 is 0.561. The van der Waals surface area contributed by atoms with Crippen molar-refractivity contribution < 1.29 is 9.59 Å². The third-order valence-corrected chi connectivity index (χ3v) is 9.58. The second kappa shape index (κ2) is 11.1. The highest BCUT2D eigenvalue weighted by Crippen LogP contribution is 2.50. The summed E-state index contributed by atoms with van der Waals surface area (Å²) in [4.78, 5) is 27.8. The van der Waals surface area contributed by atoms with Gasteiger partial charge in [0, 0.05) is 17.7 Å². The molecule has 10 nitrogen and oxygen atoms in total. The van der Waals surface area contributed by atoms with E-state index in [1.807, 2.05) is 31.2 Å². The van der Waals surface area contributed by atoms with E-state index in [1.54, 1.807) is 4.90 Å². The molecule has 0 radical (unpaired) electrons. The van der Waals surface area contributed by atoms with E-state index in [0.717, 1.165) is 22.7 Å². The van der Waals surface area contributed by atoms with Gasteiger partial charge in [0.05, 0.1) is 23.3 Å². The summed E-state index contributed by atoms with van der Waals surface area (Å²) in [7, 11) is 0. The largest absolute Gasteiger partial charge is 0.384 e. The summed E-state index contributed by atoms with van der Waals surface area (Å²) in [6.45, 7) is 8.00. The van der Waals surface area contributed by atoms with Crippen LogP contribution in [0.5, 0.6) is 0 Å². The standard InChI is InChI=1S/C27H28N8O2S3/c1-5-15-6-8-16(9-7-15)21-17(12-28)23(29)35(18-10-27(3,4)11-19(36)22(18)21)25-33-34-26(40-25)38-13-20(37)30-24-32-31-14(2)39-24/h6-9,21H,5,10-11,13,29H2,1-4H3,(H,30,32,37). The highest BCUT2D eigenvalue weighted by atomic mass is 32.2. The Hall–Kier alpha value is -3.60. The van der Waals surface area contributed by atoms with Gasteiger partial charge in [0.15, 0.2) is 10.1 Å². The fourth-order valence-corrected chi connectivity index (χ4v) is 7.28. The van der Waals surface area contributed by atoms with E-state index in [9.17, 15) is 14.9 Å². The van der Waals surface area contributed by atoms with Crippen LogP contribution in [-0.4, -0.2) is 37.8 Å². The van der Waals surface area contributed by atoms with E-state index in [0.29, 0.717) is 38.6 Å². The van der Waals surface area contributed by atoms with Crippen LogP contribution in [0.2, 0.25) is 0 Å². The van der Waals surface area contributed by atoms with Crippen molar-refractivity contribution in [1.82, 2.24) is 20.4 Å². The molecule has 2 aliphatic rings. The van der Waals surface area contributed by atoms with Crippen molar-refractivity contribution in [2.75, 3.05) is 16.0 Å². The molecule has 1 atom stereocenters. The monoisotopic (exact) mass is 592 g/mol. The van der Waals surface area contributed by atoms with Crippen LogP contribution in [0.4, 0.5) is 10.3 Å². The van der Waals surface area contributed by atoms with Gasteiger partial charge in [-0.25, -0.2) is 0 Å². The fraction of sp³-hybridized carbons (Fsp3) is 0.370. The van der Waals surface area contributed by atoms with E-state index in [4.69, 9.17) is 5.73 Å². The molecule has 3 N–H and O–H groups in total. The van der Waals surface area contributed by atoms with Gasteiger partial charge in [0.1, 0.15) is 10.8 Å². The first-order valence-electron chi connectivity index (χ1n) is 12.7. The molecule has 0 fully saturated rings. The Kier molecular flexibility index (Phi) is 7.76. The lowest BCUT2D eigenvalue weighted by Crippen LogP contribution is -2.42. The SMILES string of the molecule is CCc1ccc(C2C(C#N)=C(N)N(c3nnc(SCC(=O)Nc4nnc(C)s4)s3)C3=C2C(=O)CC(C)(C)C3)cc1. The number of hydrogen-bond donors (Lipinski definition) is 2. The predicted octanol–water partition coefficient (Wildman–Crippen LogP) is 4.93. The quantitative estimate of drug-likeness (QED) is 0.361. The van der Waals surface area contributed by atoms with Crippen LogP contribution < -0.4 is 16.0 Å². The predicted molar refractivity (Wildman–Crippen MR) is 157 cm³/mol. The number of benzene rings is 1. The zero-order chi connectivity index (χ0) is 28.6. The summed E-state index contributed by atoms with van der Waals surface area (Å²) in [5, 5.41) is 31.1. The molecule has 206 valence electrons. The highest BCUT2D eigenvalue weighted by molar-refractivity contribution is 8.01. The van der Waals surface area contributed by atoms with Crippen LogP contribution in [0.15, 0.2) is 51.3 Å². The van der Waals surface area contributed by atoms with Gasteiger partial charge < -0.3 is 5.73 Å². The zero-order valence-corrected chi connectivity index (χ0v) is 25.0. The number of nitrogens with one attached hydrogen (secondary N) is 1. The number of anilines is 2. The maximum Gasteiger partial charge on any atom is 0.236 e. The van der Waals surface area contributed by atoms with Crippen LogP contribution in [0.1, 0.15) is 55.7 Å². The van der Waals surface area contributed by atoms with Crippen LogP contribution >= 0.6 is 34.4 Å². The Labute approximate surface area is 244 Å². The molecule has 0 saturated heterocycles. The molecular formula is C27H28N8O2S3. The molecule has 0 bridgehead atoms. The Balaban J connectivity index is 1.48. The summed E-state index contributed by atoms with van der Waals surface area (Å²) in [5.74, 6) is -0.418. The van der Waals surface area contributed by atoms with E-state index >= 15 is 0 Å². The third kappa shape index (κ3) is 5.52. The Morgan fingerprint density at radius 3 is 2.60 bits per heavy atom. The molecule has 3 heterocycles. The van der Waals surface area contributed by atoms with Crippen LogP contribution in [0.25, 0.3) is 0 Å². The number of nitrogens with zero attached hydrogens (tertiary/aromatic N) is 6. The van der Waals surface area contributed by atoms with Crippen molar-refractivity contribution in [3.8, 4) is 6.07 Å². The van der Waals surface area contributed by atoms with Gasteiger partial charge in [-0.2, -0.15) is 5.26 Å². The lowest BCUT2D eigenvalue weighted by molar-refractivity contribution is -0.118. The minimum Gasteiger partial charge on any atom is -0.384 e. The van der Waals surface area contributed by atoms with Gasteiger partial charge >= 0.3 is 0 Å². The molecule has 1 aliphatic heterocycles. The highest BCUT2D eigenvalue weighted by Gasteiger charge is 2.45. The molecule has 1 aromatic carbocycles. The van der Waals surface area contributed by atoms with Crippen molar-refractivity contribution in [2.24, 2.45) is 11.1 Å². The first-order valence-corrected chi connectivity index (χ1v) is 15.3. The van der Waals surface area contributed by atoms with Gasteiger partial charge in [-0.15, -0.1) is 20.4 Å². The first-order chi connectivity index (χ1) is 19.1. The maximum absolute atomic E-state index is 13.7. The van der Waals surface area contributed by atoms with Crippen LogP contribution in [0, 0.1) is 23.7 Å². The van der Waals surface area contributed by atoms with Crippen molar-refractivity contribution in [1.29, 1.82) is 5.26 Å². The number of carbonyl (C=O) groups is 2. The molecule has 3 aromatic rings. The average Bonchev–Trinajstić information content (AvgIpc) is 3.54. The normalized spacial score (nSPS) is 18.5. The fourth-order valence-electron chi connectivity index (χ4n) is 4.99. The Morgan fingerprint density at radius 2 is 1.95 bits per heavy atom. The number of Topliss-reactive ketones (excluding diaryl/α,β-unsaturated/α-hetero) is 1. The van der Waals surface area contributed by atoms with Crippen molar-refractivity contribution in [3.05, 3.63) is 63.1 Å². The van der Waals surface area contributed by atoms with Crippen LogP contribution in [-0.2, 0) is 16.0 Å². The van der Waals surface area contributed by atoms with Gasteiger partial charge in [-0.3, -0.25) is 19.8 Å². The van der Waals surface area contributed by atoms with E-state index < -0.39 is 5.92 Å². The number of aryl methyl sites for hydroxylation is 2. The molecule has 2 aromatic heterocycles. The molecule has 40 heavy (non-hydrogen) atoms. The number of aromatic nitrogens is 4. The number of thioether (sulfide) groups is 1. The smallest absolute Gasteiger partial charge is 0.236 e. The lowest BCUT2D eigenvalue weighted by atomic mass is 9.68. The summed E-state index contributed by atoms with van der Waals surface area (Å²) >= 11 is 3.80. The summed E-state index contributed by atoms with van der Waals surface area (Å²) in [5.41, 5.74) is 10.1. The van der Waals surface area contributed by atoms with Crippen molar-refractivity contribution in [2.45, 2.75) is 57.2 Å². The molecule has 0 saturated carbocycles. The summed E-state index contributed by atoms with van der Waals surface area (Å²) in [6.07, 6.45) is 1.86. The molecule has 1 aliphatic carbocycles. The molecular weight excluding hydrogens is 565 g/mol. The number of ketones is 1. The topological polar surface area (TPSA) is 151 Å². The van der Waals surface area contributed by atoms with Crippen molar-refractivity contribution >= 4 is 56.4 Å². The molecule has 0 spiro atoms. The van der Waals surface area contributed by atoms with Crippen LogP contribution in [0.3, 0.4) is 0 Å². The zero-order valence-electron chi connectivity index (χ0n) is 22.5. The molecule has 1 amide bonds. The second-order valence-electron chi connectivity index (χ2n) is 10.4. The average molecular weight is 593 g/mol. The molecule has 13 heteroatoms. The number of nitriles is 1. The third-order valence-electron chi connectivity index (χ3n) is 6.79. The van der Waals surface area contributed by atoms with Gasteiger partial charge in [0.2, 0.25) is 16.2 Å². The van der Waals surface area contributed by atoms with E-state index in [1.165, 1.54) is 40.0 Å².